The van der Waals surface area contributed by atoms with Gasteiger partial charge in [-0.25, -0.2) is 9.79 Å². The number of likely N-dealkylation sites (N-methyl/N-ethyl adjacent to an activating group) is 1. The Balaban J connectivity index is 1.69. The van der Waals surface area contributed by atoms with Gasteiger partial charge in [-0.15, -0.1) is 0 Å². The van der Waals surface area contributed by atoms with Crippen LogP contribution in [-0.4, -0.2) is 69.8 Å². The van der Waals surface area contributed by atoms with Gasteiger partial charge in [0, 0.05) is 26.3 Å². The van der Waals surface area contributed by atoms with Crippen molar-refractivity contribution in [2.75, 3.05) is 20.1 Å². The van der Waals surface area contributed by atoms with Crippen molar-refractivity contribution in [3.63, 3.8) is 0 Å². The summed E-state index contributed by atoms with van der Waals surface area (Å²) in [4.78, 5) is 38.1. The average molecular weight is 396 g/mol. The molecule has 3 heterocycles. The fourth-order valence-electron chi connectivity index (χ4n) is 4.18. The monoisotopic (exact) mass is 395 g/mol. The van der Waals surface area contributed by atoms with Gasteiger partial charge in [0.25, 0.3) is 5.91 Å². The molecule has 7 nitrogen and oxygen atoms in total. The third-order valence-electron chi connectivity index (χ3n) is 5.84. The van der Waals surface area contributed by atoms with E-state index in [1.54, 1.807) is 11.9 Å². The van der Waals surface area contributed by atoms with E-state index in [0.29, 0.717) is 6.54 Å². The van der Waals surface area contributed by atoms with Crippen LogP contribution in [0.3, 0.4) is 0 Å². The van der Waals surface area contributed by atoms with Crippen molar-refractivity contribution in [3.8, 4) is 0 Å². The predicted octanol–water partition coefficient (Wildman–Crippen LogP) is 3.16. The SMILES string of the molecule is CCCCN1C(=O)C2C(N=C3N(CCCC)C(c4ccccc4)=CN32)N(C)C1=O. The second-order valence-electron chi connectivity index (χ2n) is 7.82. The Hall–Kier alpha value is -2.83. The molecule has 154 valence electrons. The first kappa shape index (κ1) is 19.5. The predicted molar refractivity (Wildman–Crippen MR) is 113 cm³/mol. The van der Waals surface area contributed by atoms with Crippen molar-refractivity contribution < 1.29 is 9.59 Å². The maximum Gasteiger partial charge on any atom is 0.328 e. The number of carbonyl (C=O) groups excluding carboxylic acids is 2. The number of urea groups is 1. The molecule has 0 radical (unpaired) electrons. The molecule has 3 amide bonds. The van der Waals surface area contributed by atoms with Crippen molar-refractivity contribution in [1.82, 2.24) is 19.6 Å². The summed E-state index contributed by atoms with van der Waals surface area (Å²) in [7, 11) is 1.75. The van der Waals surface area contributed by atoms with E-state index >= 15 is 0 Å². The molecule has 0 bridgehead atoms. The Bertz CT molecular complexity index is 850. The van der Waals surface area contributed by atoms with Gasteiger partial charge in [-0.3, -0.25) is 9.69 Å². The second kappa shape index (κ2) is 7.89. The van der Waals surface area contributed by atoms with Gasteiger partial charge >= 0.3 is 6.03 Å². The molecule has 0 aromatic heterocycles. The van der Waals surface area contributed by atoms with E-state index < -0.39 is 12.2 Å². The summed E-state index contributed by atoms with van der Waals surface area (Å²) in [6, 6.07) is 9.46. The number of imide groups is 1. The summed E-state index contributed by atoms with van der Waals surface area (Å²) in [5.41, 5.74) is 2.16. The lowest BCUT2D eigenvalue weighted by Gasteiger charge is -2.40. The molecule has 1 aromatic carbocycles. The van der Waals surface area contributed by atoms with Gasteiger partial charge in [0.2, 0.25) is 5.96 Å². The smallest absolute Gasteiger partial charge is 0.310 e. The highest BCUT2D eigenvalue weighted by Crippen LogP contribution is 2.37. The number of hydrogen-bond donors (Lipinski definition) is 0. The highest BCUT2D eigenvalue weighted by molar-refractivity contribution is 6.06. The maximum atomic E-state index is 13.3. The number of unbranched alkanes of at least 4 members (excludes halogenated alkanes) is 2. The molecular formula is C22H29N5O2. The van der Waals surface area contributed by atoms with Crippen LogP contribution >= 0.6 is 0 Å². The Morgan fingerprint density at radius 2 is 1.62 bits per heavy atom. The molecule has 0 N–H and O–H groups in total. The number of aliphatic imine (C=N–C) groups is 1. The van der Waals surface area contributed by atoms with Crippen LogP contribution in [0.15, 0.2) is 41.5 Å². The van der Waals surface area contributed by atoms with Crippen LogP contribution in [0.25, 0.3) is 5.70 Å². The van der Waals surface area contributed by atoms with Crippen LogP contribution in [0, 0.1) is 0 Å². The molecule has 7 heteroatoms. The molecule has 0 spiro atoms. The van der Waals surface area contributed by atoms with Crippen molar-refractivity contribution in [1.29, 1.82) is 0 Å². The number of amides is 3. The van der Waals surface area contributed by atoms with E-state index in [1.165, 1.54) is 4.90 Å². The Morgan fingerprint density at radius 3 is 2.28 bits per heavy atom. The third kappa shape index (κ3) is 3.18. The summed E-state index contributed by atoms with van der Waals surface area (Å²) in [6.07, 6.45) is 5.40. The lowest BCUT2D eigenvalue weighted by Crippen LogP contribution is -2.64. The van der Waals surface area contributed by atoms with Gasteiger partial charge in [-0.1, -0.05) is 57.0 Å². The van der Waals surface area contributed by atoms with E-state index in [0.717, 1.165) is 49.4 Å². The number of hydrogen-bond acceptors (Lipinski definition) is 5. The average Bonchev–Trinajstić information content (AvgIpc) is 3.28. The number of fused-ring (bicyclic) bond motifs is 3. The molecule has 1 fully saturated rings. The zero-order valence-electron chi connectivity index (χ0n) is 17.4. The minimum Gasteiger partial charge on any atom is -0.310 e. The minimum atomic E-state index is -0.491. The quantitative estimate of drug-likeness (QED) is 0.712. The fraction of sp³-hybridized carbons (Fsp3) is 0.500. The largest absolute Gasteiger partial charge is 0.328 e. The molecule has 0 aliphatic carbocycles. The fourth-order valence-corrected chi connectivity index (χ4v) is 4.18. The molecule has 4 rings (SSSR count). The molecule has 0 saturated carbocycles. The number of nitrogens with zero attached hydrogens (tertiary/aromatic N) is 5. The zero-order valence-corrected chi connectivity index (χ0v) is 17.4. The minimum absolute atomic E-state index is 0.147. The first-order chi connectivity index (χ1) is 14.1. The Kier molecular flexibility index (Phi) is 5.30. The first-order valence-corrected chi connectivity index (χ1v) is 10.6. The van der Waals surface area contributed by atoms with E-state index in [9.17, 15) is 9.59 Å². The van der Waals surface area contributed by atoms with Gasteiger partial charge in [-0.2, -0.15) is 0 Å². The maximum absolute atomic E-state index is 13.3. The summed E-state index contributed by atoms with van der Waals surface area (Å²) >= 11 is 0. The summed E-state index contributed by atoms with van der Waals surface area (Å²) < 4.78 is 0. The highest BCUT2D eigenvalue weighted by Gasteiger charge is 2.54. The molecule has 1 aromatic rings. The first-order valence-electron chi connectivity index (χ1n) is 10.6. The van der Waals surface area contributed by atoms with E-state index in [-0.39, 0.29) is 11.9 Å². The molecule has 3 aliphatic rings. The van der Waals surface area contributed by atoms with Crippen LogP contribution in [-0.2, 0) is 4.79 Å². The van der Waals surface area contributed by atoms with Crippen molar-refractivity contribution in [3.05, 3.63) is 42.1 Å². The topological polar surface area (TPSA) is 59.5 Å². The van der Waals surface area contributed by atoms with E-state index in [2.05, 4.69) is 30.9 Å². The lowest BCUT2D eigenvalue weighted by molar-refractivity contribution is -0.136. The molecule has 3 aliphatic heterocycles. The van der Waals surface area contributed by atoms with Crippen LogP contribution in [0.4, 0.5) is 4.79 Å². The normalized spacial score (nSPS) is 23.4. The number of guanidine groups is 1. The molecule has 2 unspecified atom stereocenters. The van der Waals surface area contributed by atoms with Gasteiger partial charge in [0.15, 0.2) is 12.2 Å². The van der Waals surface area contributed by atoms with E-state index in [4.69, 9.17) is 4.99 Å². The standard InChI is InChI=1S/C22H29N5O2/c1-4-6-13-25-17(16-11-9-8-10-12-16)15-27-18-19(23-21(25)27)24(3)22(29)26(20(18)28)14-7-5-2/h8-12,15,18-19H,4-7,13-14H2,1-3H3. The van der Waals surface area contributed by atoms with Gasteiger partial charge in [-0.05, 0) is 18.4 Å². The summed E-state index contributed by atoms with van der Waals surface area (Å²) in [6.45, 7) is 5.51. The molecular weight excluding hydrogens is 366 g/mol. The van der Waals surface area contributed by atoms with Crippen molar-refractivity contribution >= 4 is 23.6 Å². The number of carbonyl (C=O) groups is 2. The molecule has 2 atom stereocenters. The van der Waals surface area contributed by atoms with Gasteiger partial charge in [0.05, 0.1) is 5.70 Å². The van der Waals surface area contributed by atoms with Gasteiger partial charge in [0.1, 0.15) is 0 Å². The van der Waals surface area contributed by atoms with Crippen LogP contribution in [0.5, 0.6) is 0 Å². The van der Waals surface area contributed by atoms with Crippen molar-refractivity contribution in [2.45, 2.75) is 51.7 Å². The van der Waals surface area contributed by atoms with E-state index in [1.807, 2.05) is 29.3 Å². The second-order valence-corrected chi connectivity index (χ2v) is 7.82. The number of rotatable bonds is 7. The Morgan fingerprint density at radius 1 is 0.966 bits per heavy atom. The summed E-state index contributed by atoms with van der Waals surface area (Å²) in [5, 5.41) is 0. The zero-order chi connectivity index (χ0) is 20.5. The lowest BCUT2D eigenvalue weighted by atomic mass is 10.1. The van der Waals surface area contributed by atoms with Crippen LogP contribution in [0.2, 0.25) is 0 Å². The van der Waals surface area contributed by atoms with Gasteiger partial charge < -0.3 is 14.7 Å². The van der Waals surface area contributed by atoms with Crippen molar-refractivity contribution in [2.24, 2.45) is 4.99 Å². The highest BCUT2D eigenvalue weighted by atomic mass is 16.2. The molecule has 29 heavy (non-hydrogen) atoms. The number of benzene rings is 1. The third-order valence-corrected chi connectivity index (χ3v) is 5.84. The summed E-state index contributed by atoms with van der Waals surface area (Å²) in [5.74, 6) is 0.629. The van der Waals surface area contributed by atoms with Crippen LogP contribution in [0.1, 0.15) is 45.1 Å². The Labute approximate surface area is 172 Å². The molecule has 1 saturated heterocycles. The van der Waals surface area contributed by atoms with Crippen LogP contribution < -0.4 is 0 Å².